The van der Waals surface area contributed by atoms with Crippen LogP contribution >= 0.6 is 11.6 Å². The maximum atomic E-state index is 13.7. The molecule has 1 N–H and O–H groups in total. The summed E-state index contributed by atoms with van der Waals surface area (Å²) in [4.78, 5) is 41.5. The molecule has 3 amide bonds. The van der Waals surface area contributed by atoms with Gasteiger partial charge in [-0.1, -0.05) is 67.9 Å². The molecule has 2 aromatic carbocycles. The van der Waals surface area contributed by atoms with E-state index < -0.39 is 18.3 Å². The molecule has 4 atom stereocenters. The van der Waals surface area contributed by atoms with Crippen molar-refractivity contribution < 1.29 is 33.3 Å². The topological polar surface area (TPSA) is 107 Å². The number of carbonyl (C=O) groups is 3. The van der Waals surface area contributed by atoms with E-state index >= 15 is 0 Å². The van der Waals surface area contributed by atoms with Crippen LogP contribution in [0, 0.1) is 17.8 Å². The number of amides is 3. The number of carbonyl (C=O) groups excluding carboxylic acids is 3. The highest BCUT2D eigenvalue weighted by Gasteiger charge is 2.38. The Morgan fingerprint density at radius 2 is 1.76 bits per heavy atom. The molecule has 11 heteroatoms. The number of benzene rings is 2. The van der Waals surface area contributed by atoms with Crippen molar-refractivity contribution in [2.75, 3.05) is 46.4 Å². The first-order valence-electron chi connectivity index (χ1n) is 15.8. The summed E-state index contributed by atoms with van der Waals surface area (Å²) in [6.07, 6.45) is 1.22. The molecule has 2 saturated heterocycles. The van der Waals surface area contributed by atoms with Crippen molar-refractivity contribution >= 4 is 29.9 Å². The molecule has 45 heavy (non-hydrogen) atoms. The van der Waals surface area contributed by atoms with Crippen LogP contribution in [0.15, 0.2) is 54.6 Å². The highest BCUT2D eigenvalue weighted by molar-refractivity contribution is 6.30. The number of likely N-dealkylation sites (tertiary alicyclic amines) is 2. The third-order valence-corrected chi connectivity index (χ3v) is 8.60. The summed E-state index contributed by atoms with van der Waals surface area (Å²) in [6.45, 7) is 6.95. The smallest absolute Gasteiger partial charge is 0.410 e. The van der Waals surface area contributed by atoms with E-state index in [0.29, 0.717) is 37.1 Å². The van der Waals surface area contributed by atoms with Crippen molar-refractivity contribution in [2.24, 2.45) is 17.8 Å². The standard InChI is InChI=1S/C34H46ClN3O7/c1-24(2)19-26-14-17-38(33(40)44-23-25-9-5-4-6-10-25)22-30(26)45-34(41)37-16-8-12-28(21-37)31(27-11-7-13-29(35)20-27)43-18-15-36-32(39)42-3/h4-7,9-11,13,20,24,26,28,30-31H,8,12,14-19,21-23H2,1-3H3,(H,36,39)/t26-,28+,30+,31-/m0/s1. The maximum absolute atomic E-state index is 13.7. The molecule has 2 aliphatic heterocycles. The molecular weight excluding hydrogens is 598 g/mol. The second-order valence-corrected chi connectivity index (χ2v) is 12.6. The molecule has 0 aliphatic carbocycles. The molecule has 0 radical (unpaired) electrons. The SMILES string of the molecule is COC(=O)NCCO[C@@H](c1cccc(Cl)c1)[C@@H]1CCCN(C(=O)O[C@@H]2CN(C(=O)OCc3ccccc3)CC[C@H]2CC(C)C)C1. The van der Waals surface area contributed by atoms with Crippen molar-refractivity contribution in [1.29, 1.82) is 0 Å². The molecule has 0 unspecified atom stereocenters. The predicted octanol–water partition coefficient (Wildman–Crippen LogP) is 6.68. The third kappa shape index (κ3) is 10.5. The second kappa shape index (κ2) is 17.3. The lowest BCUT2D eigenvalue weighted by Gasteiger charge is -2.40. The average molecular weight is 644 g/mol. The van der Waals surface area contributed by atoms with Gasteiger partial charge in [-0.25, -0.2) is 14.4 Å². The molecule has 0 saturated carbocycles. The monoisotopic (exact) mass is 643 g/mol. The molecule has 0 spiro atoms. The fraction of sp³-hybridized carbons (Fsp3) is 0.559. The lowest BCUT2D eigenvalue weighted by molar-refractivity contribution is -0.0365. The Balaban J connectivity index is 1.40. The molecule has 2 aromatic rings. The molecule has 2 heterocycles. The number of nitrogens with one attached hydrogen (secondary N) is 1. The zero-order valence-electron chi connectivity index (χ0n) is 26.5. The summed E-state index contributed by atoms with van der Waals surface area (Å²) in [5.74, 6) is 0.569. The minimum atomic E-state index is -0.522. The quantitative estimate of drug-likeness (QED) is 0.215. The van der Waals surface area contributed by atoms with Crippen molar-refractivity contribution in [3.63, 3.8) is 0 Å². The molecule has 4 rings (SSSR count). The number of piperidine rings is 2. The first-order chi connectivity index (χ1) is 21.7. The number of hydrogen-bond donors (Lipinski definition) is 1. The average Bonchev–Trinajstić information content (AvgIpc) is 3.04. The van der Waals surface area contributed by atoms with Crippen molar-refractivity contribution in [1.82, 2.24) is 15.1 Å². The van der Waals surface area contributed by atoms with Crippen LogP contribution in [0.25, 0.3) is 0 Å². The molecule has 0 aromatic heterocycles. The van der Waals surface area contributed by atoms with Gasteiger partial charge in [0.2, 0.25) is 0 Å². The number of alkyl carbamates (subject to hydrolysis) is 1. The van der Waals surface area contributed by atoms with Gasteiger partial charge in [-0.2, -0.15) is 0 Å². The van der Waals surface area contributed by atoms with Gasteiger partial charge < -0.3 is 34.1 Å². The lowest BCUT2D eigenvalue weighted by atomic mass is 9.86. The fourth-order valence-corrected chi connectivity index (χ4v) is 6.38. The number of nitrogens with zero attached hydrogens (tertiary/aromatic N) is 2. The summed E-state index contributed by atoms with van der Waals surface area (Å²) >= 11 is 6.32. The van der Waals surface area contributed by atoms with Gasteiger partial charge in [0.15, 0.2) is 0 Å². The highest BCUT2D eigenvalue weighted by atomic mass is 35.5. The summed E-state index contributed by atoms with van der Waals surface area (Å²) in [7, 11) is 1.31. The molecule has 0 bridgehead atoms. The minimum absolute atomic E-state index is 0.00910. The van der Waals surface area contributed by atoms with E-state index in [4.69, 9.17) is 25.8 Å². The van der Waals surface area contributed by atoms with Crippen molar-refractivity contribution in [2.45, 2.75) is 58.3 Å². The number of rotatable bonds is 11. The van der Waals surface area contributed by atoms with E-state index in [2.05, 4.69) is 23.9 Å². The van der Waals surface area contributed by atoms with Gasteiger partial charge in [-0.15, -0.1) is 0 Å². The van der Waals surface area contributed by atoms with Crippen LogP contribution in [0.2, 0.25) is 5.02 Å². The van der Waals surface area contributed by atoms with Crippen LogP contribution in [-0.2, 0) is 25.6 Å². The zero-order chi connectivity index (χ0) is 32.2. The van der Waals surface area contributed by atoms with Crippen LogP contribution in [0.1, 0.15) is 56.8 Å². The Hall–Kier alpha value is -3.50. The summed E-state index contributed by atoms with van der Waals surface area (Å²) in [5.41, 5.74) is 1.83. The first-order valence-corrected chi connectivity index (χ1v) is 16.2. The largest absolute Gasteiger partial charge is 0.453 e. The van der Waals surface area contributed by atoms with E-state index in [9.17, 15) is 14.4 Å². The van der Waals surface area contributed by atoms with E-state index in [1.165, 1.54) is 7.11 Å². The second-order valence-electron chi connectivity index (χ2n) is 12.2. The maximum Gasteiger partial charge on any atom is 0.410 e. The third-order valence-electron chi connectivity index (χ3n) is 8.36. The van der Waals surface area contributed by atoms with Crippen LogP contribution < -0.4 is 5.32 Å². The Bertz CT molecular complexity index is 1250. The molecular formula is C34H46ClN3O7. The molecule has 246 valence electrons. The van der Waals surface area contributed by atoms with Crippen LogP contribution in [0.4, 0.5) is 14.4 Å². The molecule has 2 aliphatic rings. The van der Waals surface area contributed by atoms with Crippen molar-refractivity contribution in [3.05, 3.63) is 70.7 Å². The fourth-order valence-electron chi connectivity index (χ4n) is 6.18. The predicted molar refractivity (Wildman–Crippen MR) is 171 cm³/mol. The van der Waals surface area contributed by atoms with Gasteiger partial charge >= 0.3 is 18.3 Å². The number of ether oxygens (including phenoxy) is 4. The molecule has 2 fully saturated rings. The van der Waals surface area contributed by atoms with Gasteiger partial charge in [0.25, 0.3) is 0 Å². The van der Waals surface area contributed by atoms with Crippen LogP contribution in [0.5, 0.6) is 0 Å². The van der Waals surface area contributed by atoms with Crippen LogP contribution in [-0.4, -0.2) is 80.6 Å². The van der Waals surface area contributed by atoms with E-state index in [1.807, 2.05) is 54.6 Å². The number of methoxy groups -OCH3 is 1. The highest BCUT2D eigenvalue weighted by Crippen LogP contribution is 2.35. The minimum Gasteiger partial charge on any atom is -0.453 e. The Morgan fingerprint density at radius 3 is 2.49 bits per heavy atom. The molecule has 10 nitrogen and oxygen atoms in total. The van der Waals surface area contributed by atoms with E-state index in [1.54, 1.807) is 9.80 Å². The van der Waals surface area contributed by atoms with Crippen LogP contribution in [0.3, 0.4) is 0 Å². The van der Waals surface area contributed by atoms with Gasteiger partial charge in [0, 0.05) is 37.1 Å². The zero-order valence-corrected chi connectivity index (χ0v) is 27.2. The summed E-state index contributed by atoms with van der Waals surface area (Å²) in [5, 5.41) is 3.24. The summed E-state index contributed by atoms with van der Waals surface area (Å²) < 4.78 is 22.7. The van der Waals surface area contributed by atoms with Gasteiger partial charge in [-0.05, 0) is 60.8 Å². The van der Waals surface area contributed by atoms with E-state index in [0.717, 1.165) is 36.8 Å². The lowest BCUT2D eigenvalue weighted by Crippen LogP contribution is -2.51. The van der Waals surface area contributed by atoms with Gasteiger partial charge in [-0.3, -0.25) is 0 Å². The Labute approximate surface area is 271 Å². The Kier molecular flexibility index (Phi) is 13.2. The summed E-state index contributed by atoms with van der Waals surface area (Å²) in [6, 6.07) is 17.1. The number of halogens is 1. The Morgan fingerprint density at radius 1 is 0.978 bits per heavy atom. The number of hydrogen-bond acceptors (Lipinski definition) is 7. The normalized spacial score (nSPS) is 20.8. The van der Waals surface area contributed by atoms with E-state index in [-0.39, 0.29) is 43.8 Å². The van der Waals surface area contributed by atoms with Gasteiger partial charge in [0.05, 0.1) is 26.4 Å². The van der Waals surface area contributed by atoms with Crippen molar-refractivity contribution in [3.8, 4) is 0 Å². The van der Waals surface area contributed by atoms with Gasteiger partial charge in [0.1, 0.15) is 12.7 Å². The first kappa shape index (κ1) is 34.4.